The van der Waals surface area contributed by atoms with Crippen LogP contribution < -0.4 is 5.43 Å². The summed E-state index contributed by atoms with van der Waals surface area (Å²) in [6.45, 7) is 6.81. The van der Waals surface area contributed by atoms with E-state index in [4.69, 9.17) is 0 Å². The van der Waals surface area contributed by atoms with E-state index < -0.39 is 0 Å². The second-order valence-electron chi connectivity index (χ2n) is 8.11. The van der Waals surface area contributed by atoms with Gasteiger partial charge in [0.15, 0.2) is 0 Å². The Morgan fingerprint density at radius 1 is 1.08 bits per heavy atom. The molecule has 2 heteroatoms. The zero-order valence-electron chi connectivity index (χ0n) is 15.3. The lowest BCUT2D eigenvalue weighted by Gasteiger charge is -2.21. The minimum absolute atomic E-state index is 0.205. The maximum absolute atomic E-state index is 4.55. The molecule has 0 radical (unpaired) electrons. The number of allylic oxidation sites excluding steroid dienone is 4. The molecule has 0 aliphatic heterocycles. The van der Waals surface area contributed by atoms with Crippen LogP contribution >= 0.6 is 0 Å². The first-order valence-electron chi connectivity index (χ1n) is 9.32. The highest BCUT2D eigenvalue weighted by Crippen LogP contribution is 2.36. The molecule has 1 unspecified atom stereocenters. The van der Waals surface area contributed by atoms with Gasteiger partial charge in [-0.2, -0.15) is 5.10 Å². The van der Waals surface area contributed by atoms with Gasteiger partial charge in [-0.1, -0.05) is 82.5 Å². The Kier molecular flexibility index (Phi) is 5.23. The quantitative estimate of drug-likeness (QED) is 0.569. The fraction of sp³-hybridized carbons (Fsp3) is 0.500. The summed E-state index contributed by atoms with van der Waals surface area (Å²) in [4.78, 5) is 0. The number of rotatable bonds is 4. The van der Waals surface area contributed by atoms with Crippen LogP contribution in [0.2, 0.25) is 0 Å². The Labute approximate surface area is 146 Å². The van der Waals surface area contributed by atoms with Crippen molar-refractivity contribution in [1.29, 1.82) is 0 Å². The Bertz CT molecular complexity index is 640. The van der Waals surface area contributed by atoms with E-state index in [1.807, 2.05) is 6.21 Å². The van der Waals surface area contributed by atoms with E-state index in [2.05, 4.69) is 73.8 Å². The lowest BCUT2D eigenvalue weighted by Crippen LogP contribution is -2.26. The van der Waals surface area contributed by atoms with E-state index in [9.17, 15) is 0 Å². The van der Waals surface area contributed by atoms with Gasteiger partial charge in [0, 0.05) is 12.0 Å². The normalized spacial score (nSPS) is 22.1. The monoisotopic (exact) mass is 322 g/mol. The Hall–Kier alpha value is -1.83. The molecule has 1 atom stereocenters. The summed E-state index contributed by atoms with van der Waals surface area (Å²) in [5.74, 6) is 0.358. The van der Waals surface area contributed by atoms with Crippen LogP contribution in [0.5, 0.6) is 0 Å². The summed E-state index contributed by atoms with van der Waals surface area (Å²) in [7, 11) is 0. The SMILES string of the molecule is CC(C)(C)C1=CC(c2ccccc2C=NNC2CCCCC2)C=C1. The molecule has 0 saturated heterocycles. The summed E-state index contributed by atoms with van der Waals surface area (Å²) in [6.07, 6.45) is 15.5. The van der Waals surface area contributed by atoms with E-state index in [0.717, 1.165) is 0 Å². The van der Waals surface area contributed by atoms with Gasteiger partial charge in [-0.3, -0.25) is 0 Å². The molecule has 1 N–H and O–H groups in total. The highest BCUT2D eigenvalue weighted by atomic mass is 15.3. The second kappa shape index (κ2) is 7.38. The van der Waals surface area contributed by atoms with Crippen molar-refractivity contribution in [3.63, 3.8) is 0 Å². The molecule has 1 fully saturated rings. The van der Waals surface area contributed by atoms with Gasteiger partial charge in [-0.15, -0.1) is 0 Å². The van der Waals surface area contributed by atoms with Gasteiger partial charge < -0.3 is 5.43 Å². The number of nitrogens with zero attached hydrogens (tertiary/aromatic N) is 1. The predicted octanol–water partition coefficient (Wildman–Crippen LogP) is 5.57. The van der Waals surface area contributed by atoms with E-state index >= 15 is 0 Å². The van der Waals surface area contributed by atoms with Crippen molar-refractivity contribution in [2.45, 2.75) is 64.8 Å². The predicted molar refractivity (Wildman–Crippen MR) is 103 cm³/mol. The number of hydrogen-bond acceptors (Lipinski definition) is 2. The van der Waals surface area contributed by atoms with Crippen LogP contribution in [0.3, 0.4) is 0 Å². The summed E-state index contributed by atoms with van der Waals surface area (Å²) in [5.41, 5.74) is 7.52. The third-order valence-corrected chi connectivity index (χ3v) is 5.13. The van der Waals surface area contributed by atoms with Crippen LogP contribution in [-0.4, -0.2) is 12.3 Å². The van der Waals surface area contributed by atoms with Gasteiger partial charge in [0.1, 0.15) is 0 Å². The van der Waals surface area contributed by atoms with E-state index in [1.165, 1.54) is 48.8 Å². The van der Waals surface area contributed by atoms with Crippen LogP contribution in [-0.2, 0) is 0 Å². The number of hydrazone groups is 1. The maximum Gasteiger partial charge on any atom is 0.0543 e. The molecule has 0 spiro atoms. The summed E-state index contributed by atoms with van der Waals surface area (Å²) in [6, 6.07) is 9.16. The van der Waals surface area contributed by atoms with Crippen molar-refractivity contribution in [3.05, 3.63) is 59.2 Å². The van der Waals surface area contributed by atoms with Crippen LogP contribution in [0.1, 0.15) is 69.9 Å². The average molecular weight is 322 g/mol. The van der Waals surface area contributed by atoms with Gasteiger partial charge in [0.2, 0.25) is 0 Å². The van der Waals surface area contributed by atoms with Gasteiger partial charge in [0.25, 0.3) is 0 Å². The van der Waals surface area contributed by atoms with Crippen molar-refractivity contribution in [3.8, 4) is 0 Å². The topological polar surface area (TPSA) is 24.4 Å². The van der Waals surface area contributed by atoms with E-state index in [-0.39, 0.29) is 5.41 Å². The van der Waals surface area contributed by atoms with Crippen molar-refractivity contribution >= 4 is 6.21 Å². The third kappa shape index (κ3) is 4.17. The van der Waals surface area contributed by atoms with Crippen molar-refractivity contribution in [2.24, 2.45) is 10.5 Å². The van der Waals surface area contributed by atoms with Crippen molar-refractivity contribution in [1.82, 2.24) is 5.43 Å². The van der Waals surface area contributed by atoms with E-state index in [1.54, 1.807) is 0 Å². The van der Waals surface area contributed by atoms with Crippen LogP contribution in [0.15, 0.2) is 53.2 Å². The Morgan fingerprint density at radius 3 is 2.54 bits per heavy atom. The molecule has 24 heavy (non-hydrogen) atoms. The smallest absolute Gasteiger partial charge is 0.0543 e. The number of nitrogens with one attached hydrogen (secondary N) is 1. The zero-order chi connectivity index (χ0) is 17.0. The molecule has 0 bridgehead atoms. The Morgan fingerprint density at radius 2 is 1.83 bits per heavy atom. The molecule has 2 nitrogen and oxygen atoms in total. The molecule has 1 saturated carbocycles. The highest BCUT2D eigenvalue weighted by molar-refractivity contribution is 5.82. The van der Waals surface area contributed by atoms with Gasteiger partial charge in [0.05, 0.1) is 6.21 Å². The average Bonchev–Trinajstić information content (AvgIpc) is 3.06. The molecule has 2 aliphatic carbocycles. The minimum Gasteiger partial charge on any atom is -0.307 e. The van der Waals surface area contributed by atoms with Crippen LogP contribution in [0, 0.1) is 5.41 Å². The first kappa shape index (κ1) is 17.0. The molecule has 0 heterocycles. The van der Waals surface area contributed by atoms with Gasteiger partial charge in [-0.05, 0) is 35.0 Å². The molecule has 2 aliphatic rings. The molecule has 0 amide bonds. The minimum atomic E-state index is 0.205. The van der Waals surface area contributed by atoms with Gasteiger partial charge >= 0.3 is 0 Å². The number of benzene rings is 1. The van der Waals surface area contributed by atoms with Crippen LogP contribution in [0.25, 0.3) is 0 Å². The molecule has 128 valence electrons. The largest absolute Gasteiger partial charge is 0.307 e. The van der Waals surface area contributed by atoms with Gasteiger partial charge in [-0.25, -0.2) is 0 Å². The molecule has 0 aromatic heterocycles. The van der Waals surface area contributed by atoms with Crippen LogP contribution in [0.4, 0.5) is 0 Å². The first-order chi connectivity index (χ1) is 11.5. The molecule has 1 aromatic rings. The molecule has 3 rings (SSSR count). The fourth-order valence-corrected chi connectivity index (χ4v) is 3.58. The van der Waals surface area contributed by atoms with E-state index in [0.29, 0.717) is 12.0 Å². The molecule has 1 aromatic carbocycles. The Balaban J connectivity index is 1.72. The van der Waals surface area contributed by atoms with Crippen molar-refractivity contribution in [2.75, 3.05) is 0 Å². The first-order valence-corrected chi connectivity index (χ1v) is 9.32. The summed E-state index contributed by atoms with van der Waals surface area (Å²) in [5, 5.41) is 4.55. The fourth-order valence-electron chi connectivity index (χ4n) is 3.58. The summed E-state index contributed by atoms with van der Waals surface area (Å²) >= 11 is 0. The summed E-state index contributed by atoms with van der Waals surface area (Å²) < 4.78 is 0. The third-order valence-electron chi connectivity index (χ3n) is 5.13. The standard InChI is InChI=1S/C22H30N2/c1-22(2,3)19-14-13-17(15-19)21-12-8-7-9-18(21)16-23-24-20-10-5-4-6-11-20/h7-9,12-17,20,24H,4-6,10-11H2,1-3H3. The van der Waals surface area contributed by atoms with Crippen molar-refractivity contribution < 1.29 is 0 Å². The number of hydrogen-bond donors (Lipinski definition) is 1. The lowest BCUT2D eigenvalue weighted by molar-refractivity contribution is 0.381. The molecular weight excluding hydrogens is 292 g/mol. The zero-order valence-corrected chi connectivity index (χ0v) is 15.3. The maximum atomic E-state index is 4.55. The lowest BCUT2D eigenvalue weighted by atomic mass is 9.86. The highest BCUT2D eigenvalue weighted by Gasteiger charge is 2.21. The molecular formula is C22H30N2. The second-order valence-corrected chi connectivity index (χ2v) is 8.11.